The van der Waals surface area contributed by atoms with Crippen molar-refractivity contribution in [2.45, 2.75) is 43.9 Å². The second kappa shape index (κ2) is 9.59. The molecule has 6 atom stereocenters. The number of carboxylic acid groups (broad SMARTS) is 1. The maximum Gasteiger partial charge on any atom is 0.459 e. The average molecular weight is 488 g/mol. The van der Waals surface area contributed by atoms with Gasteiger partial charge in [-0.25, -0.2) is 9.36 Å². The standard InChI is InChI=1S/C19H24N3O10P/c1-11(16(25)26)21-33(29,32-12-6-4-3-5-7-12)30-10-13-15(24)19(2,28)17(31-13)22-9-8-14(23)20-18(22)27/h3-9,11,13,15,17,24,28H,10H2,1-2H3,(H,21,29)(H,25,26)(H,20,23,27)/t11-,13+,15+,17+,19+,33?/m0/s1/i8D,10D2. The van der Waals surface area contributed by atoms with E-state index in [1.54, 1.807) is 6.07 Å². The molecule has 13 nitrogen and oxygen atoms in total. The minimum atomic E-state index is -4.83. The van der Waals surface area contributed by atoms with E-state index in [4.69, 9.17) is 17.9 Å². The number of carbonyl (C=O) groups is 1. The van der Waals surface area contributed by atoms with Crippen molar-refractivity contribution in [1.82, 2.24) is 14.6 Å². The third-order valence-corrected chi connectivity index (χ3v) is 6.18. The predicted molar refractivity (Wildman–Crippen MR) is 113 cm³/mol. The second-order valence-corrected chi connectivity index (χ2v) is 8.94. The Morgan fingerprint density at radius 2 is 2.12 bits per heavy atom. The zero-order valence-corrected chi connectivity index (χ0v) is 18.3. The number of rotatable bonds is 9. The van der Waals surface area contributed by atoms with E-state index in [0.717, 1.165) is 20.0 Å². The number of hydrogen-bond donors (Lipinski definition) is 5. The topological polar surface area (TPSA) is 189 Å². The molecule has 0 aliphatic carbocycles. The monoisotopic (exact) mass is 488 g/mol. The minimum Gasteiger partial charge on any atom is -0.480 e. The molecule has 14 heteroatoms. The van der Waals surface area contributed by atoms with Crippen molar-refractivity contribution >= 4 is 13.7 Å². The van der Waals surface area contributed by atoms with E-state index in [1.165, 1.54) is 24.3 Å². The fraction of sp³-hybridized carbons (Fsp3) is 0.421. The molecule has 0 spiro atoms. The van der Waals surface area contributed by atoms with Gasteiger partial charge in [0.25, 0.3) is 5.56 Å². The van der Waals surface area contributed by atoms with Gasteiger partial charge in [0.2, 0.25) is 0 Å². The molecule has 1 saturated heterocycles. The number of aliphatic hydroxyl groups excluding tert-OH is 1. The number of benzene rings is 1. The molecule has 3 rings (SSSR count). The van der Waals surface area contributed by atoms with Crippen LogP contribution in [0.3, 0.4) is 0 Å². The lowest BCUT2D eigenvalue weighted by molar-refractivity contribution is -0.138. The third kappa shape index (κ3) is 5.58. The van der Waals surface area contributed by atoms with Crippen molar-refractivity contribution < 1.29 is 42.6 Å². The normalized spacial score (nSPS) is 29.3. The van der Waals surface area contributed by atoms with Crippen molar-refractivity contribution in [3.8, 4) is 5.75 Å². The van der Waals surface area contributed by atoms with Crippen molar-refractivity contribution in [1.29, 1.82) is 0 Å². The van der Waals surface area contributed by atoms with Crippen LogP contribution in [0.15, 0.2) is 52.2 Å². The van der Waals surface area contributed by atoms with E-state index in [0.29, 0.717) is 4.57 Å². The lowest BCUT2D eigenvalue weighted by Gasteiger charge is -2.27. The molecule has 1 aliphatic rings. The number of nitrogens with one attached hydrogen (secondary N) is 2. The van der Waals surface area contributed by atoms with Gasteiger partial charge in [0, 0.05) is 12.2 Å². The largest absolute Gasteiger partial charge is 0.480 e. The predicted octanol–water partition coefficient (Wildman–Crippen LogP) is -0.188. The van der Waals surface area contributed by atoms with Crippen LogP contribution in [0.2, 0.25) is 0 Å². The summed E-state index contributed by atoms with van der Waals surface area (Å²) in [6.07, 6.45) is -5.30. The van der Waals surface area contributed by atoms with Gasteiger partial charge in [0.15, 0.2) is 6.23 Å². The van der Waals surface area contributed by atoms with Gasteiger partial charge in [-0.1, -0.05) is 18.2 Å². The van der Waals surface area contributed by atoms with E-state index < -0.39 is 67.6 Å². The Balaban J connectivity index is 1.96. The van der Waals surface area contributed by atoms with Gasteiger partial charge in [-0.3, -0.25) is 23.7 Å². The summed E-state index contributed by atoms with van der Waals surface area (Å²) in [7, 11) is -4.83. The highest BCUT2D eigenvalue weighted by Crippen LogP contribution is 2.46. The summed E-state index contributed by atoms with van der Waals surface area (Å²) in [5.74, 6) is -1.53. The van der Waals surface area contributed by atoms with Crippen LogP contribution in [0, 0.1) is 0 Å². The van der Waals surface area contributed by atoms with Crippen LogP contribution in [-0.4, -0.2) is 61.2 Å². The quantitative estimate of drug-likeness (QED) is 0.294. The molecule has 1 aromatic heterocycles. The van der Waals surface area contributed by atoms with Gasteiger partial charge in [-0.2, -0.15) is 5.09 Å². The molecule has 33 heavy (non-hydrogen) atoms. The van der Waals surface area contributed by atoms with Gasteiger partial charge < -0.3 is 24.6 Å². The van der Waals surface area contributed by atoms with E-state index in [-0.39, 0.29) is 5.75 Å². The SMILES string of the molecule is [2H]c1cn([C@@H]2O[C@H](C([2H])([2H])OP(=O)(N[C@@H](C)C(=O)O)Oc3ccccc3)[C@@H](O)[C@@]2(C)O)c(=O)[nH]c1=O. The Morgan fingerprint density at radius 1 is 1.45 bits per heavy atom. The van der Waals surface area contributed by atoms with Crippen LogP contribution in [0.4, 0.5) is 0 Å². The molecule has 0 saturated carbocycles. The number of aliphatic carboxylic acids is 1. The third-order valence-electron chi connectivity index (χ3n) is 4.68. The molecule has 1 aliphatic heterocycles. The summed E-state index contributed by atoms with van der Waals surface area (Å²) in [6, 6.07) is 5.10. The van der Waals surface area contributed by atoms with Gasteiger partial charge in [0.05, 0.1) is 10.7 Å². The molecule has 0 bridgehead atoms. The van der Waals surface area contributed by atoms with E-state index in [2.05, 4.69) is 5.09 Å². The van der Waals surface area contributed by atoms with Gasteiger partial charge in [-0.15, -0.1) is 0 Å². The number of hydrogen-bond acceptors (Lipinski definition) is 9. The summed E-state index contributed by atoms with van der Waals surface area (Å²) >= 11 is 0. The fourth-order valence-electron chi connectivity index (χ4n) is 2.91. The summed E-state index contributed by atoms with van der Waals surface area (Å²) in [5, 5.41) is 32.8. The van der Waals surface area contributed by atoms with E-state index in [1.807, 2.05) is 4.98 Å². The smallest absolute Gasteiger partial charge is 0.459 e. The molecular weight excluding hydrogens is 461 g/mol. The molecule has 1 aromatic carbocycles. The van der Waals surface area contributed by atoms with Crippen LogP contribution in [0.5, 0.6) is 5.75 Å². The Morgan fingerprint density at radius 3 is 2.76 bits per heavy atom. The number of nitrogens with zero attached hydrogens (tertiary/aromatic N) is 1. The highest BCUT2D eigenvalue weighted by molar-refractivity contribution is 7.52. The van der Waals surface area contributed by atoms with Crippen LogP contribution in [0.25, 0.3) is 0 Å². The van der Waals surface area contributed by atoms with Crippen molar-refractivity contribution in [2.24, 2.45) is 0 Å². The number of aromatic amines is 1. The summed E-state index contributed by atoms with van der Waals surface area (Å²) in [5.41, 5.74) is -4.52. The van der Waals surface area contributed by atoms with Crippen LogP contribution >= 0.6 is 7.75 Å². The number of carboxylic acids is 1. The summed E-state index contributed by atoms with van der Waals surface area (Å²) < 4.78 is 54.0. The fourth-order valence-corrected chi connectivity index (χ4v) is 4.28. The van der Waals surface area contributed by atoms with Gasteiger partial charge >= 0.3 is 19.4 Å². The first-order valence-corrected chi connectivity index (χ1v) is 11.1. The van der Waals surface area contributed by atoms with Gasteiger partial charge in [0.1, 0.15) is 29.6 Å². The van der Waals surface area contributed by atoms with Crippen LogP contribution < -0.4 is 20.9 Å². The average Bonchev–Trinajstić information content (AvgIpc) is 3.00. The van der Waals surface area contributed by atoms with Crippen molar-refractivity contribution in [2.75, 3.05) is 6.56 Å². The van der Waals surface area contributed by atoms with Crippen LogP contribution in [-0.2, 0) is 18.6 Å². The zero-order valence-electron chi connectivity index (χ0n) is 20.4. The maximum absolute atomic E-state index is 13.4. The molecular formula is C19H24N3O10P. The Labute approximate surface area is 191 Å². The second-order valence-electron chi connectivity index (χ2n) is 7.32. The lowest BCUT2D eigenvalue weighted by Crippen LogP contribution is -2.47. The van der Waals surface area contributed by atoms with Crippen LogP contribution in [0.1, 0.15) is 24.2 Å². The number of aliphatic hydroxyl groups is 2. The Kier molecular flexibility index (Phi) is 6.04. The molecule has 1 fully saturated rings. The number of aromatic nitrogens is 2. The Bertz CT molecular complexity index is 1290. The van der Waals surface area contributed by atoms with Gasteiger partial charge in [-0.05, 0) is 26.0 Å². The molecule has 2 aromatic rings. The van der Waals surface area contributed by atoms with E-state index >= 15 is 0 Å². The molecule has 0 radical (unpaired) electrons. The molecule has 5 N–H and O–H groups in total. The van der Waals surface area contributed by atoms with E-state index in [9.17, 15) is 34.3 Å². The minimum absolute atomic E-state index is 0.0674. The molecule has 1 unspecified atom stereocenters. The maximum atomic E-state index is 13.4. The molecule has 0 amide bonds. The highest BCUT2D eigenvalue weighted by Gasteiger charge is 2.54. The first-order valence-electron chi connectivity index (χ1n) is 11.0. The lowest BCUT2D eigenvalue weighted by atomic mass is 9.96. The van der Waals surface area contributed by atoms with Crippen molar-refractivity contribution in [3.05, 3.63) is 63.4 Å². The first kappa shape index (κ1) is 20.8. The summed E-state index contributed by atoms with van der Waals surface area (Å²) in [6.45, 7) is -1.11. The first-order chi connectivity index (χ1) is 16.6. The summed E-state index contributed by atoms with van der Waals surface area (Å²) in [4.78, 5) is 36.9. The Hall–Kier alpha value is -2.80. The molecule has 180 valence electrons. The molecule has 2 heterocycles. The zero-order chi connectivity index (χ0) is 27.1. The number of ether oxygens (including phenoxy) is 1. The highest BCUT2D eigenvalue weighted by atomic mass is 31.2. The van der Waals surface area contributed by atoms with Crippen molar-refractivity contribution in [3.63, 3.8) is 0 Å². The number of H-pyrrole nitrogens is 1. The number of para-hydroxylation sites is 1.